The number of nitrogen functional groups attached to an aromatic ring is 1. The predicted molar refractivity (Wildman–Crippen MR) is 66.6 cm³/mol. The third-order valence-electron chi connectivity index (χ3n) is 2.18. The van der Waals surface area contributed by atoms with Crippen molar-refractivity contribution in [2.45, 2.75) is 0 Å². The minimum atomic E-state index is 0.465. The van der Waals surface area contributed by atoms with E-state index in [0.717, 1.165) is 20.9 Å². The standard InChI is InChI=1S/C10H7ClN4S/c11-5-1-2-6-8(3-5)16-10(13-6)7-4-9(12)15-14-7/h1-4H,(H3,12,14,15). The molecule has 0 spiro atoms. The van der Waals surface area contributed by atoms with Crippen LogP contribution in [0.15, 0.2) is 24.3 Å². The fourth-order valence-electron chi connectivity index (χ4n) is 1.46. The first-order valence-corrected chi connectivity index (χ1v) is 5.79. The van der Waals surface area contributed by atoms with Crippen LogP contribution in [0.3, 0.4) is 0 Å². The second kappa shape index (κ2) is 3.47. The Morgan fingerprint density at radius 1 is 1.31 bits per heavy atom. The lowest BCUT2D eigenvalue weighted by Gasteiger charge is -1.86. The van der Waals surface area contributed by atoms with Gasteiger partial charge in [-0.25, -0.2) is 4.98 Å². The average Bonchev–Trinajstić information content (AvgIpc) is 2.83. The van der Waals surface area contributed by atoms with Crippen LogP contribution < -0.4 is 5.73 Å². The number of anilines is 1. The number of H-pyrrole nitrogens is 1. The van der Waals surface area contributed by atoms with Crippen molar-refractivity contribution in [3.8, 4) is 10.7 Å². The van der Waals surface area contributed by atoms with E-state index in [2.05, 4.69) is 15.2 Å². The van der Waals surface area contributed by atoms with E-state index >= 15 is 0 Å². The van der Waals surface area contributed by atoms with E-state index in [1.807, 2.05) is 18.2 Å². The topological polar surface area (TPSA) is 67.6 Å². The minimum absolute atomic E-state index is 0.465. The Hall–Kier alpha value is -1.59. The molecule has 0 saturated heterocycles. The zero-order valence-corrected chi connectivity index (χ0v) is 9.64. The monoisotopic (exact) mass is 250 g/mol. The molecule has 0 fully saturated rings. The Balaban J connectivity index is 2.18. The fraction of sp³-hybridized carbons (Fsp3) is 0. The highest BCUT2D eigenvalue weighted by Crippen LogP contribution is 2.31. The summed E-state index contributed by atoms with van der Waals surface area (Å²) in [4.78, 5) is 4.47. The van der Waals surface area contributed by atoms with Gasteiger partial charge in [0.15, 0.2) is 0 Å². The quantitative estimate of drug-likeness (QED) is 0.698. The number of aromatic nitrogens is 3. The first-order valence-electron chi connectivity index (χ1n) is 4.60. The van der Waals surface area contributed by atoms with Gasteiger partial charge in [0, 0.05) is 11.1 Å². The van der Waals surface area contributed by atoms with E-state index in [9.17, 15) is 0 Å². The molecule has 0 radical (unpaired) electrons. The molecule has 80 valence electrons. The maximum absolute atomic E-state index is 5.92. The zero-order valence-electron chi connectivity index (χ0n) is 8.07. The molecule has 0 aliphatic rings. The summed E-state index contributed by atoms with van der Waals surface area (Å²) >= 11 is 7.47. The van der Waals surface area contributed by atoms with Crippen LogP contribution in [0.4, 0.5) is 5.82 Å². The average molecular weight is 251 g/mol. The second-order valence-corrected chi connectivity index (χ2v) is 4.80. The highest BCUT2D eigenvalue weighted by molar-refractivity contribution is 7.21. The summed E-state index contributed by atoms with van der Waals surface area (Å²) in [5.41, 5.74) is 7.30. The molecular weight excluding hydrogens is 244 g/mol. The Morgan fingerprint density at radius 3 is 2.94 bits per heavy atom. The Bertz CT molecular complexity index is 658. The minimum Gasteiger partial charge on any atom is -0.382 e. The lowest BCUT2D eigenvalue weighted by Crippen LogP contribution is -1.81. The number of nitrogens with two attached hydrogens (primary N) is 1. The molecule has 2 aromatic heterocycles. The first-order chi connectivity index (χ1) is 7.72. The van der Waals surface area contributed by atoms with Crippen molar-refractivity contribution in [2.24, 2.45) is 0 Å². The third kappa shape index (κ3) is 1.54. The van der Waals surface area contributed by atoms with Crippen LogP contribution in [0.5, 0.6) is 0 Å². The molecule has 6 heteroatoms. The molecule has 4 nitrogen and oxygen atoms in total. The number of nitrogens with zero attached hydrogens (tertiary/aromatic N) is 2. The summed E-state index contributed by atoms with van der Waals surface area (Å²) in [7, 11) is 0. The summed E-state index contributed by atoms with van der Waals surface area (Å²) in [6, 6.07) is 7.39. The van der Waals surface area contributed by atoms with Gasteiger partial charge < -0.3 is 5.73 Å². The van der Waals surface area contributed by atoms with Gasteiger partial charge in [-0.15, -0.1) is 11.3 Å². The van der Waals surface area contributed by atoms with Crippen molar-refractivity contribution in [3.05, 3.63) is 29.3 Å². The van der Waals surface area contributed by atoms with Gasteiger partial charge in [-0.3, -0.25) is 5.10 Å². The number of nitrogens with one attached hydrogen (secondary N) is 1. The van der Waals surface area contributed by atoms with E-state index in [0.29, 0.717) is 10.8 Å². The summed E-state index contributed by atoms with van der Waals surface area (Å²) in [5.74, 6) is 0.465. The maximum Gasteiger partial charge on any atom is 0.145 e. The van der Waals surface area contributed by atoms with Gasteiger partial charge in [0.1, 0.15) is 10.8 Å². The van der Waals surface area contributed by atoms with Gasteiger partial charge in [0.25, 0.3) is 0 Å². The van der Waals surface area contributed by atoms with Gasteiger partial charge in [-0.2, -0.15) is 5.10 Å². The van der Waals surface area contributed by atoms with Crippen LogP contribution in [0.25, 0.3) is 20.9 Å². The lowest BCUT2D eigenvalue weighted by molar-refractivity contribution is 1.10. The van der Waals surface area contributed by atoms with Crippen molar-refractivity contribution in [1.82, 2.24) is 15.2 Å². The molecule has 3 rings (SSSR count). The molecule has 0 bridgehead atoms. The molecule has 0 aliphatic carbocycles. The Labute approximate surface area is 100 Å². The van der Waals surface area contributed by atoms with E-state index in [-0.39, 0.29) is 0 Å². The van der Waals surface area contributed by atoms with Gasteiger partial charge in [0.05, 0.1) is 15.9 Å². The second-order valence-electron chi connectivity index (χ2n) is 3.34. The normalized spacial score (nSPS) is 11.1. The molecule has 3 N–H and O–H groups in total. The lowest BCUT2D eigenvalue weighted by atomic mass is 10.3. The molecule has 2 heterocycles. The highest BCUT2D eigenvalue weighted by atomic mass is 35.5. The van der Waals surface area contributed by atoms with Gasteiger partial charge in [0.2, 0.25) is 0 Å². The molecule has 3 aromatic rings. The maximum atomic E-state index is 5.92. The van der Waals surface area contributed by atoms with Crippen LogP contribution in [-0.4, -0.2) is 15.2 Å². The molecule has 0 atom stereocenters. The highest BCUT2D eigenvalue weighted by Gasteiger charge is 2.08. The number of aromatic amines is 1. The molecule has 0 aliphatic heterocycles. The van der Waals surface area contributed by atoms with Gasteiger partial charge in [-0.1, -0.05) is 11.6 Å². The number of halogens is 1. The predicted octanol–water partition coefficient (Wildman–Crippen LogP) is 2.92. The van der Waals surface area contributed by atoms with E-state index in [4.69, 9.17) is 17.3 Å². The Morgan fingerprint density at radius 2 is 2.19 bits per heavy atom. The number of benzene rings is 1. The first kappa shape index (κ1) is 9.62. The number of fused-ring (bicyclic) bond motifs is 1. The summed E-state index contributed by atoms with van der Waals surface area (Å²) < 4.78 is 1.05. The SMILES string of the molecule is Nc1cc(-c2nc3ccc(Cl)cc3s2)[nH]n1. The summed E-state index contributed by atoms with van der Waals surface area (Å²) in [6.45, 7) is 0. The van der Waals surface area contributed by atoms with Crippen molar-refractivity contribution in [3.63, 3.8) is 0 Å². The van der Waals surface area contributed by atoms with E-state index in [1.165, 1.54) is 0 Å². The molecular formula is C10H7ClN4S. The molecule has 1 aromatic carbocycles. The largest absolute Gasteiger partial charge is 0.382 e. The number of hydrogen-bond donors (Lipinski definition) is 2. The number of rotatable bonds is 1. The smallest absolute Gasteiger partial charge is 0.145 e. The van der Waals surface area contributed by atoms with Gasteiger partial charge in [-0.05, 0) is 18.2 Å². The van der Waals surface area contributed by atoms with Crippen molar-refractivity contribution < 1.29 is 0 Å². The van der Waals surface area contributed by atoms with E-state index in [1.54, 1.807) is 17.4 Å². The molecule has 0 unspecified atom stereocenters. The summed E-state index contributed by atoms with van der Waals surface area (Å²) in [6.07, 6.45) is 0. The molecule has 0 amide bonds. The van der Waals surface area contributed by atoms with Gasteiger partial charge >= 0.3 is 0 Å². The Kier molecular flexibility index (Phi) is 2.08. The van der Waals surface area contributed by atoms with Crippen LogP contribution >= 0.6 is 22.9 Å². The van der Waals surface area contributed by atoms with Crippen molar-refractivity contribution in [2.75, 3.05) is 5.73 Å². The molecule has 0 saturated carbocycles. The van der Waals surface area contributed by atoms with E-state index < -0.39 is 0 Å². The number of thiazole rings is 1. The van der Waals surface area contributed by atoms with Crippen molar-refractivity contribution >= 4 is 39.0 Å². The molecule has 16 heavy (non-hydrogen) atoms. The summed E-state index contributed by atoms with van der Waals surface area (Å²) in [5, 5.41) is 8.29. The fourth-order valence-corrected chi connectivity index (χ4v) is 2.67. The van der Waals surface area contributed by atoms with Crippen molar-refractivity contribution in [1.29, 1.82) is 0 Å². The zero-order chi connectivity index (χ0) is 11.1. The third-order valence-corrected chi connectivity index (χ3v) is 3.47. The number of hydrogen-bond acceptors (Lipinski definition) is 4. The van der Waals surface area contributed by atoms with Crippen LogP contribution in [-0.2, 0) is 0 Å². The van der Waals surface area contributed by atoms with Crippen LogP contribution in [0.2, 0.25) is 5.02 Å². The van der Waals surface area contributed by atoms with Crippen LogP contribution in [0.1, 0.15) is 0 Å². The van der Waals surface area contributed by atoms with Crippen LogP contribution in [0, 0.1) is 0 Å².